The van der Waals surface area contributed by atoms with Crippen LogP contribution in [0.1, 0.15) is 25.3 Å². The molecule has 0 bridgehead atoms. The van der Waals surface area contributed by atoms with E-state index in [2.05, 4.69) is 19.1 Å². The zero-order valence-electron chi connectivity index (χ0n) is 9.50. The molecule has 1 aromatic rings. The molecule has 0 aliphatic rings. The van der Waals surface area contributed by atoms with Crippen LogP contribution in [-0.2, 0) is 6.42 Å². The van der Waals surface area contributed by atoms with Gasteiger partial charge in [0.1, 0.15) is 5.75 Å². The molecule has 1 nitrogen and oxygen atoms in total. The third-order valence-corrected chi connectivity index (χ3v) is 3.05. The normalized spacial score (nSPS) is 12.5. The average Bonchev–Trinajstić information content (AvgIpc) is 2.29. The van der Waals surface area contributed by atoms with Gasteiger partial charge < -0.3 is 4.74 Å². The van der Waals surface area contributed by atoms with E-state index in [0.717, 1.165) is 18.1 Å². The molecule has 0 N–H and O–H groups in total. The van der Waals surface area contributed by atoms with Gasteiger partial charge in [-0.2, -0.15) is 0 Å². The van der Waals surface area contributed by atoms with E-state index in [1.54, 1.807) is 7.11 Å². The lowest BCUT2D eigenvalue weighted by molar-refractivity contribution is 0.404. The fourth-order valence-electron chi connectivity index (χ4n) is 1.82. The third kappa shape index (κ3) is 3.75. The van der Waals surface area contributed by atoms with Crippen LogP contribution >= 0.6 is 11.6 Å². The minimum atomic E-state index is 0.563. The average molecular weight is 227 g/mol. The first-order valence-corrected chi connectivity index (χ1v) is 6.03. The zero-order valence-corrected chi connectivity index (χ0v) is 10.3. The quantitative estimate of drug-likeness (QED) is 0.669. The molecule has 0 aliphatic heterocycles. The highest BCUT2D eigenvalue weighted by Gasteiger charge is 2.10. The summed E-state index contributed by atoms with van der Waals surface area (Å²) in [6.07, 6.45) is 3.38. The largest absolute Gasteiger partial charge is 0.496 e. The summed E-state index contributed by atoms with van der Waals surface area (Å²) in [5.74, 6) is 2.27. The van der Waals surface area contributed by atoms with Crippen molar-refractivity contribution in [3.8, 4) is 5.75 Å². The molecule has 0 radical (unpaired) electrons. The Morgan fingerprint density at radius 2 is 2.07 bits per heavy atom. The number of para-hydroxylation sites is 1. The van der Waals surface area contributed by atoms with E-state index in [1.165, 1.54) is 18.4 Å². The molecule has 1 unspecified atom stereocenters. The second-order valence-corrected chi connectivity index (χ2v) is 4.13. The van der Waals surface area contributed by atoms with Crippen molar-refractivity contribution in [2.45, 2.75) is 26.2 Å². The van der Waals surface area contributed by atoms with E-state index < -0.39 is 0 Å². The molecular weight excluding hydrogens is 208 g/mol. The Labute approximate surface area is 97.4 Å². The predicted molar refractivity (Wildman–Crippen MR) is 65.8 cm³/mol. The second-order valence-electron chi connectivity index (χ2n) is 3.82. The van der Waals surface area contributed by atoms with E-state index >= 15 is 0 Å². The maximum absolute atomic E-state index is 5.95. The standard InChI is InChI=1S/C13H19ClO/c1-3-6-11(10-14)9-12-7-4-5-8-13(12)15-2/h4-5,7-8,11H,3,6,9-10H2,1-2H3. The van der Waals surface area contributed by atoms with Crippen molar-refractivity contribution in [1.82, 2.24) is 0 Å². The highest BCUT2D eigenvalue weighted by Crippen LogP contribution is 2.23. The summed E-state index contributed by atoms with van der Waals surface area (Å²) in [6, 6.07) is 8.17. The Morgan fingerprint density at radius 1 is 1.33 bits per heavy atom. The summed E-state index contributed by atoms with van der Waals surface area (Å²) in [5, 5.41) is 0. The van der Waals surface area contributed by atoms with Gasteiger partial charge in [0.25, 0.3) is 0 Å². The summed E-state index contributed by atoms with van der Waals surface area (Å²) in [6.45, 7) is 2.20. The molecule has 1 rings (SSSR count). The Morgan fingerprint density at radius 3 is 2.67 bits per heavy atom. The zero-order chi connectivity index (χ0) is 11.1. The van der Waals surface area contributed by atoms with Crippen LogP contribution < -0.4 is 4.74 Å². The van der Waals surface area contributed by atoms with E-state index in [0.29, 0.717) is 5.92 Å². The third-order valence-electron chi connectivity index (χ3n) is 2.62. The van der Waals surface area contributed by atoms with E-state index in [9.17, 15) is 0 Å². The van der Waals surface area contributed by atoms with Crippen LogP contribution in [0.5, 0.6) is 5.75 Å². The molecule has 0 fully saturated rings. The number of hydrogen-bond donors (Lipinski definition) is 0. The van der Waals surface area contributed by atoms with Crippen LogP contribution in [-0.4, -0.2) is 13.0 Å². The molecule has 0 spiro atoms. The van der Waals surface area contributed by atoms with Crippen molar-refractivity contribution in [1.29, 1.82) is 0 Å². The Balaban J connectivity index is 2.69. The van der Waals surface area contributed by atoms with Gasteiger partial charge in [0, 0.05) is 5.88 Å². The van der Waals surface area contributed by atoms with Gasteiger partial charge in [-0.25, -0.2) is 0 Å². The van der Waals surface area contributed by atoms with Gasteiger partial charge in [0.2, 0.25) is 0 Å². The van der Waals surface area contributed by atoms with Gasteiger partial charge in [-0.15, -0.1) is 11.6 Å². The number of benzene rings is 1. The van der Waals surface area contributed by atoms with Gasteiger partial charge in [0.05, 0.1) is 7.11 Å². The number of hydrogen-bond acceptors (Lipinski definition) is 1. The smallest absolute Gasteiger partial charge is 0.122 e. The SMILES string of the molecule is CCCC(CCl)Cc1ccccc1OC. The molecular formula is C13H19ClO. The van der Waals surface area contributed by atoms with Gasteiger partial charge in [-0.05, 0) is 30.4 Å². The van der Waals surface area contributed by atoms with Crippen molar-refractivity contribution in [3.63, 3.8) is 0 Å². The first kappa shape index (κ1) is 12.4. The van der Waals surface area contributed by atoms with Gasteiger partial charge in [-0.3, -0.25) is 0 Å². The number of methoxy groups -OCH3 is 1. The van der Waals surface area contributed by atoms with Crippen LogP contribution in [0, 0.1) is 5.92 Å². The van der Waals surface area contributed by atoms with Crippen LogP contribution in [0.25, 0.3) is 0 Å². The molecule has 0 aromatic heterocycles. The minimum Gasteiger partial charge on any atom is -0.496 e. The van der Waals surface area contributed by atoms with Gasteiger partial charge in [0.15, 0.2) is 0 Å². The maximum Gasteiger partial charge on any atom is 0.122 e. The van der Waals surface area contributed by atoms with Crippen LogP contribution in [0.2, 0.25) is 0 Å². The lowest BCUT2D eigenvalue weighted by Crippen LogP contribution is -2.07. The van der Waals surface area contributed by atoms with E-state index in [4.69, 9.17) is 16.3 Å². The molecule has 0 saturated carbocycles. The van der Waals surface area contributed by atoms with Gasteiger partial charge >= 0.3 is 0 Å². The Kier molecular flexibility index (Phi) is 5.56. The summed E-state index contributed by atoms with van der Waals surface area (Å²) >= 11 is 5.95. The molecule has 2 heteroatoms. The summed E-state index contributed by atoms with van der Waals surface area (Å²) < 4.78 is 5.33. The Hall–Kier alpha value is -0.690. The molecule has 0 saturated heterocycles. The molecule has 0 aliphatic carbocycles. The van der Waals surface area contributed by atoms with Crippen molar-refractivity contribution in [2.75, 3.05) is 13.0 Å². The monoisotopic (exact) mass is 226 g/mol. The number of halogens is 1. The Bertz CT molecular complexity index is 286. The molecule has 0 heterocycles. The maximum atomic E-state index is 5.95. The second kappa shape index (κ2) is 6.73. The fraction of sp³-hybridized carbons (Fsp3) is 0.538. The van der Waals surface area contributed by atoms with Crippen molar-refractivity contribution in [3.05, 3.63) is 29.8 Å². The summed E-state index contributed by atoms with van der Waals surface area (Å²) in [4.78, 5) is 0. The topological polar surface area (TPSA) is 9.23 Å². The molecule has 1 atom stereocenters. The highest BCUT2D eigenvalue weighted by molar-refractivity contribution is 6.18. The highest BCUT2D eigenvalue weighted by atomic mass is 35.5. The minimum absolute atomic E-state index is 0.563. The van der Waals surface area contributed by atoms with E-state index in [1.807, 2.05) is 12.1 Å². The lowest BCUT2D eigenvalue weighted by Gasteiger charge is -2.14. The number of alkyl halides is 1. The van der Waals surface area contributed by atoms with Crippen molar-refractivity contribution < 1.29 is 4.74 Å². The predicted octanol–water partition coefficient (Wildman–Crippen LogP) is 3.89. The van der Waals surface area contributed by atoms with Crippen LogP contribution in [0.4, 0.5) is 0 Å². The van der Waals surface area contributed by atoms with Crippen molar-refractivity contribution >= 4 is 11.6 Å². The molecule has 84 valence electrons. The number of ether oxygens (including phenoxy) is 1. The first-order valence-electron chi connectivity index (χ1n) is 5.49. The van der Waals surface area contributed by atoms with E-state index in [-0.39, 0.29) is 0 Å². The molecule has 15 heavy (non-hydrogen) atoms. The first-order chi connectivity index (χ1) is 7.31. The summed E-state index contributed by atoms with van der Waals surface area (Å²) in [7, 11) is 1.72. The summed E-state index contributed by atoms with van der Waals surface area (Å²) in [5.41, 5.74) is 1.26. The van der Waals surface area contributed by atoms with Crippen LogP contribution in [0.15, 0.2) is 24.3 Å². The van der Waals surface area contributed by atoms with Gasteiger partial charge in [-0.1, -0.05) is 31.5 Å². The van der Waals surface area contributed by atoms with Crippen molar-refractivity contribution in [2.24, 2.45) is 5.92 Å². The van der Waals surface area contributed by atoms with Crippen LogP contribution in [0.3, 0.4) is 0 Å². The fourth-order valence-corrected chi connectivity index (χ4v) is 2.09. The number of rotatable bonds is 6. The molecule has 0 amide bonds. The lowest BCUT2D eigenvalue weighted by atomic mass is 9.96. The molecule has 1 aromatic carbocycles.